The van der Waals surface area contributed by atoms with Crippen molar-refractivity contribution in [2.45, 2.75) is 65.7 Å². The van der Waals surface area contributed by atoms with Gasteiger partial charge in [-0.2, -0.15) is 9.61 Å². The molecule has 4 heteroatoms. The van der Waals surface area contributed by atoms with Crippen LogP contribution in [0.2, 0.25) is 0 Å². The molecule has 0 fully saturated rings. The molecule has 110 valence electrons. The number of nitrogen functional groups attached to an aromatic ring is 1. The van der Waals surface area contributed by atoms with Crippen LogP contribution in [-0.4, -0.2) is 14.6 Å². The Kier molecular flexibility index (Phi) is 4.99. The summed E-state index contributed by atoms with van der Waals surface area (Å²) in [5.74, 6) is 0.781. The summed E-state index contributed by atoms with van der Waals surface area (Å²) in [6.07, 6.45) is 8.10. The minimum absolute atomic E-state index is 0.781. The smallest absolute Gasteiger partial charge is 0.157 e. The van der Waals surface area contributed by atoms with Gasteiger partial charge in [-0.1, -0.05) is 39.5 Å². The Labute approximate surface area is 121 Å². The maximum Gasteiger partial charge on any atom is 0.157 e. The van der Waals surface area contributed by atoms with Crippen molar-refractivity contribution in [2.24, 2.45) is 0 Å². The van der Waals surface area contributed by atoms with E-state index in [1.807, 2.05) is 13.0 Å². The van der Waals surface area contributed by atoms with E-state index >= 15 is 0 Å². The molecule has 0 spiro atoms. The molecule has 0 bridgehead atoms. The third-order valence-corrected chi connectivity index (χ3v) is 3.72. The summed E-state index contributed by atoms with van der Waals surface area (Å²) in [7, 11) is 0. The average Bonchev–Trinajstić information content (AvgIpc) is 2.79. The first kappa shape index (κ1) is 14.8. The molecule has 2 N–H and O–H groups in total. The van der Waals surface area contributed by atoms with E-state index in [9.17, 15) is 0 Å². The van der Waals surface area contributed by atoms with Crippen molar-refractivity contribution in [3.05, 3.63) is 23.0 Å². The number of unbranched alkanes of at least 4 members (excludes halogenated alkanes) is 3. The topological polar surface area (TPSA) is 56.2 Å². The second-order valence-electron chi connectivity index (χ2n) is 5.54. The molecule has 2 rings (SSSR count). The molecule has 0 saturated carbocycles. The SMILES string of the molecule is CCCCCCc1c(CCC)nc2cc(C)nn2c1N. The number of aryl methyl sites for hydroxylation is 2. The van der Waals surface area contributed by atoms with Crippen LogP contribution in [0.1, 0.15) is 62.9 Å². The first-order chi connectivity index (χ1) is 9.67. The molecule has 0 unspecified atom stereocenters. The van der Waals surface area contributed by atoms with Crippen LogP contribution in [0.5, 0.6) is 0 Å². The lowest BCUT2D eigenvalue weighted by atomic mass is 10.0. The van der Waals surface area contributed by atoms with E-state index in [2.05, 4.69) is 18.9 Å². The number of hydrogen-bond acceptors (Lipinski definition) is 3. The molecule has 0 amide bonds. The van der Waals surface area contributed by atoms with Crippen LogP contribution in [0.25, 0.3) is 5.65 Å². The Morgan fingerprint density at radius 3 is 2.60 bits per heavy atom. The predicted molar refractivity (Wildman–Crippen MR) is 84.0 cm³/mol. The van der Waals surface area contributed by atoms with Crippen molar-refractivity contribution in [1.82, 2.24) is 14.6 Å². The lowest BCUT2D eigenvalue weighted by molar-refractivity contribution is 0.660. The van der Waals surface area contributed by atoms with Crippen LogP contribution in [0, 0.1) is 6.92 Å². The van der Waals surface area contributed by atoms with Crippen molar-refractivity contribution >= 4 is 11.5 Å². The van der Waals surface area contributed by atoms with E-state index < -0.39 is 0 Å². The summed E-state index contributed by atoms with van der Waals surface area (Å²) >= 11 is 0. The number of hydrogen-bond donors (Lipinski definition) is 1. The number of rotatable bonds is 7. The molecule has 0 radical (unpaired) electrons. The largest absolute Gasteiger partial charge is 0.383 e. The van der Waals surface area contributed by atoms with E-state index in [1.165, 1.54) is 31.2 Å². The Balaban J connectivity index is 2.32. The molecular formula is C16H26N4. The van der Waals surface area contributed by atoms with E-state index in [0.29, 0.717) is 0 Å². The lowest BCUT2D eigenvalue weighted by Gasteiger charge is -2.12. The Morgan fingerprint density at radius 1 is 1.10 bits per heavy atom. The van der Waals surface area contributed by atoms with Gasteiger partial charge < -0.3 is 5.73 Å². The maximum absolute atomic E-state index is 6.34. The summed E-state index contributed by atoms with van der Waals surface area (Å²) in [4.78, 5) is 4.77. The van der Waals surface area contributed by atoms with Crippen LogP contribution in [0.4, 0.5) is 5.82 Å². The summed E-state index contributed by atoms with van der Waals surface area (Å²) in [5, 5.41) is 4.45. The van der Waals surface area contributed by atoms with E-state index in [1.54, 1.807) is 4.52 Å². The molecule has 2 heterocycles. The molecule has 20 heavy (non-hydrogen) atoms. The highest BCUT2D eigenvalue weighted by Gasteiger charge is 2.13. The molecule has 0 aliphatic carbocycles. The highest BCUT2D eigenvalue weighted by Crippen LogP contribution is 2.22. The highest BCUT2D eigenvalue weighted by atomic mass is 15.3. The van der Waals surface area contributed by atoms with Crippen LogP contribution in [-0.2, 0) is 12.8 Å². The van der Waals surface area contributed by atoms with Gasteiger partial charge in [0.1, 0.15) is 5.82 Å². The van der Waals surface area contributed by atoms with Gasteiger partial charge in [-0.05, 0) is 26.2 Å². The summed E-state index contributed by atoms with van der Waals surface area (Å²) < 4.78 is 1.80. The van der Waals surface area contributed by atoms with E-state index in [4.69, 9.17) is 10.7 Å². The monoisotopic (exact) mass is 274 g/mol. The molecular weight excluding hydrogens is 248 g/mol. The Hall–Kier alpha value is -1.58. The first-order valence-electron chi connectivity index (χ1n) is 7.81. The van der Waals surface area contributed by atoms with Gasteiger partial charge in [0, 0.05) is 17.3 Å². The van der Waals surface area contributed by atoms with Crippen molar-refractivity contribution < 1.29 is 0 Å². The van der Waals surface area contributed by atoms with Gasteiger partial charge in [0.15, 0.2) is 5.65 Å². The third-order valence-electron chi connectivity index (χ3n) is 3.72. The van der Waals surface area contributed by atoms with Crippen molar-refractivity contribution in [3.8, 4) is 0 Å². The Bertz CT molecular complexity index is 571. The summed E-state index contributed by atoms with van der Waals surface area (Å²) in [6.45, 7) is 6.40. The van der Waals surface area contributed by atoms with Crippen molar-refractivity contribution in [1.29, 1.82) is 0 Å². The van der Waals surface area contributed by atoms with Gasteiger partial charge in [-0.3, -0.25) is 0 Å². The number of nitrogens with two attached hydrogens (primary N) is 1. The third kappa shape index (κ3) is 3.11. The zero-order valence-electron chi connectivity index (χ0n) is 12.9. The van der Waals surface area contributed by atoms with Gasteiger partial charge in [-0.25, -0.2) is 4.98 Å². The molecule has 0 saturated heterocycles. The zero-order chi connectivity index (χ0) is 14.5. The number of aromatic nitrogens is 3. The molecule has 2 aromatic heterocycles. The van der Waals surface area contributed by atoms with E-state index in [0.717, 1.165) is 42.1 Å². The quantitative estimate of drug-likeness (QED) is 0.783. The zero-order valence-corrected chi connectivity index (χ0v) is 12.9. The molecule has 4 nitrogen and oxygen atoms in total. The van der Waals surface area contributed by atoms with Gasteiger partial charge >= 0.3 is 0 Å². The van der Waals surface area contributed by atoms with Gasteiger partial charge in [0.2, 0.25) is 0 Å². The highest BCUT2D eigenvalue weighted by molar-refractivity contribution is 5.53. The summed E-state index contributed by atoms with van der Waals surface area (Å²) in [5.41, 5.74) is 10.5. The first-order valence-corrected chi connectivity index (χ1v) is 7.81. The predicted octanol–water partition coefficient (Wildman–Crippen LogP) is 3.70. The standard InChI is InChI=1S/C16H26N4/c1-4-6-7-8-10-13-14(9-5-2)18-15-11-12(3)19-20(15)16(13)17/h11H,4-10,17H2,1-3H3. The van der Waals surface area contributed by atoms with Crippen LogP contribution in [0.15, 0.2) is 6.07 Å². The minimum atomic E-state index is 0.781. The minimum Gasteiger partial charge on any atom is -0.383 e. The van der Waals surface area contributed by atoms with Gasteiger partial charge in [0.25, 0.3) is 0 Å². The van der Waals surface area contributed by atoms with Gasteiger partial charge in [-0.15, -0.1) is 0 Å². The maximum atomic E-state index is 6.34. The number of nitrogens with zero attached hydrogens (tertiary/aromatic N) is 3. The lowest BCUT2D eigenvalue weighted by Crippen LogP contribution is -2.10. The van der Waals surface area contributed by atoms with Crippen molar-refractivity contribution in [2.75, 3.05) is 5.73 Å². The molecule has 0 aliphatic rings. The normalized spacial score (nSPS) is 11.3. The molecule has 0 aromatic carbocycles. The average molecular weight is 274 g/mol. The van der Waals surface area contributed by atoms with Crippen molar-refractivity contribution in [3.63, 3.8) is 0 Å². The fraction of sp³-hybridized carbons (Fsp3) is 0.625. The van der Waals surface area contributed by atoms with Crippen LogP contribution in [0.3, 0.4) is 0 Å². The van der Waals surface area contributed by atoms with E-state index in [-0.39, 0.29) is 0 Å². The van der Waals surface area contributed by atoms with Crippen LogP contribution >= 0.6 is 0 Å². The number of fused-ring (bicyclic) bond motifs is 1. The molecule has 0 aliphatic heterocycles. The molecule has 2 aromatic rings. The molecule has 0 atom stereocenters. The van der Waals surface area contributed by atoms with Crippen LogP contribution < -0.4 is 5.73 Å². The fourth-order valence-corrected chi connectivity index (χ4v) is 2.67. The second-order valence-corrected chi connectivity index (χ2v) is 5.54. The Morgan fingerprint density at radius 2 is 1.90 bits per heavy atom. The summed E-state index contributed by atoms with van der Waals surface area (Å²) in [6, 6.07) is 2.00. The second kappa shape index (κ2) is 6.73. The fourth-order valence-electron chi connectivity index (χ4n) is 2.67. The number of anilines is 1. The van der Waals surface area contributed by atoms with Gasteiger partial charge in [0.05, 0.1) is 5.69 Å².